The number of aryl methyl sites for hydroxylation is 1. The standard InChI is InChI=1S/C18H19ClN4/c1-22-17-5-2-14(19)10-16(17)21-18(22)12-23(15-3-4-15)11-13-6-8-20-9-7-13/h2,5-10,15H,3-4,11-12H2,1H3. The number of benzene rings is 1. The van der Waals surface area contributed by atoms with Crippen LogP contribution in [0.3, 0.4) is 0 Å². The summed E-state index contributed by atoms with van der Waals surface area (Å²) in [6, 6.07) is 10.7. The first-order valence-electron chi connectivity index (χ1n) is 7.94. The molecule has 0 radical (unpaired) electrons. The maximum absolute atomic E-state index is 6.09. The minimum atomic E-state index is 0.673. The second-order valence-electron chi connectivity index (χ2n) is 6.21. The Morgan fingerprint density at radius 3 is 2.70 bits per heavy atom. The number of aromatic nitrogens is 3. The summed E-state index contributed by atoms with van der Waals surface area (Å²) in [5.74, 6) is 1.09. The molecule has 2 heterocycles. The van der Waals surface area contributed by atoms with Gasteiger partial charge in [0.25, 0.3) is 0 Å². The number of hydrogen-bond acceptors (Lipinski definition) is 3. The normalized spacial score (nSPS) is 14.7. The fourth-order valence-electron chi connectivity index (χ4n) is 3.02. The molecule has 0 N–H and O–H groups in total. The molecule has 4 rings (SSSR count). The predicted octanol–water partition coefficient (Wildman–Crippen LogP) is 3.79. The van der Waals surface area contributed by atoms with Gasteiger partial charge in [-0.2, -0.15) is 0 Å². The topological polar surface area (TPSA) is 34.0 Å². The maximum Gasteiger partial charge on any atom is 0.123 e. The van der Waals surface area contributed by atoms with Crippen molar-refractivity contribution >= 4 is 22.6 Å². The number of imidazole rings is 1. The van der Waals surface area contributed by atoms with Crippen LogP contribution in [0.2, 0.25) is 5.02 Å². The Hall–Kier alpha value is -1.91. The summed E-state index contributed by atoms with van der Waals surface area (Å²) >= 11 is 6.09. The molecule has 0 bridgehead atoms. The van der Waals surface area contributed by atoms with Crippen LogP contribution in [0.25, 0.3) is 11.0 Å². The number of halogens is 1. The number of fused-ring (bicyclic) bond motifs is 1. The molecule has 4 nitrogen and oxygen atoms in total. The van der Waals surface area contributed by atoms with Crippen molar-refractivity contribution in [2.24, 2.45) is 7.05 Å². The molecule has 0 aliphatic heterocycles. The minimum absolute atomic E-state index is 0.673. The molecule has 0 amide bonds. The molecule has 0 unspecified atom stereocenters. The van der Waals surface area contributed by atoms with Crippen molar-refractivity contribution in [2.45, 2.75) is 32.0 Å². The van der Waals surface area contributed by atoms with Crippen LogP contribution in [-0.4, -0.2) is 25.5 Å². The number of pyridine rings is 1. The quantitative estimate of drug-likeness (QED) is 0.715. The van der Waals surface area contributed by atoms with Crippen LogP contribution in [0.5, 0.6) is 0 Å². The molecule has 23 heavy (non-hydrogen) atoms. The van der Waals surface area contributed by atoms with E-state index < -0.39 is 0 Å². The van der Waals surface area contributed by atoms with E-state index in [4.69, 9.17) is 16.6 Å². The molecule has 1 saturated carbocycles. The van der Waals surface area contributed by atoms with Gasteiger partial charge in [-0.1, -0.05) is 11.6 Å². The molecule has 1 fully saturated rings. The monoisotopic (exact) mass is 326 g/mol. The zero-order chi connectivity index (χ0) is 15.8. The molecule has 1 aromatic carbocycles. The zero-order valence-electron chi connectivity index (χ0n) is 13.1. The predicted molar refractivity (Wildman–Crippen MR) is 92.2 cm³/mol. The van der Waals surface area contributed by atoms with Crippen LogP contribution in [-0.2, 0) is 20.1 Å². The summed E-state index contributed by atoms with van der Waals surface area (Å²) in [6.07, 6.45) is 6.27. The zero-order valence-corrected chi connectivity index (χ0v) is 13.9. The second kappa shape index (κ2) is 5.95. The van der Waals surface area contributed by atoms with E-state index in [1.807, 2.05) is 30.6 Å². The van der Waals surface area contributed by atoms with Crippen LogP contribution < -0.4 is 0 Å². The highest BCUT2D eigenvalue weighted by Crippen LogP contribution is 2.30. The van der Waals surface area contributed by atoms with Crippen LogP contribution in [0, 0.1) is 0 Å². The van der Waals surface area contributed by atoms with Crippen LogP contribution in [0.1, 0.15) is 24.2 Å². The SMILES string of the molecule is Cn1c(CN(Cc2ccncc2)C2CC2)nc2cc(Cl)ccc21. The Kier molecular flexibility index (Phi) is 3.79. The van der Waals surface area contributed by atoms with Crippen LogP contribution in [0.15, 0.2) is 42.7 Å². The molecule has 2 aromatic heterocycles. The summed E-state index contributed by atoms with van der Waals surface area (Å²) in [6.45, 7) is 1.80. The van der Waals surface area contributed by atoms with Crippen molar-refractivity contribution in [1.82, 2.24) is 19.4 Å². The Labute approximate surface area is 140 Å². The Morgan fingerprint density at radius 1 is 1.17 bits per heavy atom. The first-order valence-corrected chi connectivity index (χ1v) is 8.32. The smallest absolute Gasteiger partial charge is 0.123 e. The first-order chi connectivity index (χ1) is 11.2. The molecule has 118 valence electrons. The fourth-order valence-corrected chi connectivity index (χ4v) is 3.19. The number of rotatable bonds is 5. The highest BCUT2D eigenvalue weighted by molar-refractivity contribution is 6.31. The fraction of sp³-hybridized carbons (Fsp3) is 0.333. The summed E-state index contributed by atoms with van der Waals surface area (Å²) in [4.78, 5) is 11.4. The molecular weight excluding hydrogens is 308 g/mol. The van der Waals surface area contributed by atoms with E-state index >= 15 is 0 Å². The average Bonchev–Trinajstić information content (AvgIpc) is 3.35. The van der Waals surface area contributed by atoms with Crippen molar-refractivity contribution in [3.05, 3.63) is 59.1 Å². The van der Waals surface area contributed by atoms with E-state index in [2.05, 4.69) is 33.6 Å². The van der Waals surface area contributed by atoms with Gasteiger partial charge in [-0.15, -0.1) is 0 Å². The van der Waals surface area contributed by atoms with Gasteiger partial charge >= 0.3 is 0 Å². The summed E-state index contributed by atoms with van der Waals surface area (Å²) in [7, 11) is 2.08. The summed E-state index contributed by atoms with van der Waals surface area (Å²) in [5, 5.41) is 0.734. The van der Waals surface area contributed by atoms with E-state index in [0.29, 0.717) is 6.04 Å². The third kappa shape index (κ3) is 3.09. The molecule has 1 aliphatic carbocycles. The van der Waals surface area contributed by atoms with E-state index in [0.717, 1.165) is 35.0 Å². The number of nitrogens with zero attached hydrogens (tertiary/aromatic N) is 4. The van der Waals surface area contributed by atoms with Crippen molar-refractivity contribution in [1.29, 1.82) is 0 Å². The third-order valence-electron chi connectivity index (χ3n) is 4.48. The third-order valence-corrected chi connectivity index (χ3v) is 4.71. The van der Waals surface area contributed by atoms with Gasteiger partial charge in [0.15, 0.2) is 0 Å². The highest BCUT2D eigenvalue weighted by Gasteiger charge is 2.30. The lowest BCUT2D eigenvalue weighted by molar-refractivity contribution is 0.237. The molecule has 0 spiro atoms. The van der Waals surface area contributed by atoms with Crippen molar-refractivity contribution in [2.75, 3.05) is 0 Å². The van der Waals surface area contributed by atoms with Gasteiger partial charge in [-0.3, -0.25) is 9.88 Å². The molecule has 5 heteroatoms. The Bertz CT molecular complexity index is 824. The van der Waals surface area contributed by atoms with Gasteiger partial charge in [-0.25, -0.2) is 4.98 Å². The number of hydrogen-bond donors (Lipinski definition) is 0. The first kappa shape index (κ1) is 14.7. The van der Waals surface area contributed by atoms with Gasteiger partial charge in [0.1, 0.15) is 5.82 Å². The average molecular weight is 327 g/mol. The van der Waals surface area contributed by atoms with E-state index in [9.17, 15) is 0 Å². The Balaban J connectivity index is 1.60. The van der Waals surface area contributed by atoms with Gasteiger partial charge in [0.2, 0.25) is 0 Å². The highest BCUT2D eigenvalue weighted by atomic mass is 35.5. The van der Waals surface area contributed by atoms with Crippen molar-refractivity contribution in [3.63, 3.8) is 0 Å². The van der Waals surface area contributed by atoms with E-state index in [-0.39, 0.29) is 0 Å². The van der Waals surface area contributed by atoms with Crippen molar-refractivity contribution < 1.29 is 0 Å². The van der Waals surface area contributed by atoms with Crippen molar-refractivity contribution in [3.8, 4) is 0 Å². The largest absolute Gasteiger partial charge is 0.330 e. The maximum atomic E-state index is 6.09. The Morgan fingerprint density at radius 2 is 1.96 bits per heavy atom. The lowest BCUT2D eigenvalue weighted by Crippen LogP contribution is -2.26. The summed E-state index contributed by atoms with van der Waals surface area (Å²) in [5.41, 5.74) is 3.40. The van der Waals surface area contributed by atoms with E-state index in [1.54, 1.807) is 0 Å². The minimum Gasteiger partial charge on any atom is -0.330 e. The molecule has 3 aromatic rings. The summed E-state index contributed by atoms with van der Waals surface area (Å²) < 4.78 is 2.17. The van der Waals surface area contributed by atoms with Crippen LogP contribution in [0.4, 0.5) is 0 Å². The van der Waals surface area contributed by atoms with Crippen LogP contribution >= 0.6 is 11.6 Å². The van der Waals surface area contributed by atoms with E-state index in [1.165, 1.54) is 18.4 Å². The molecule has 0 atom stereocenters. The molecule has 1 aliphatic rings. The van der Waals surface area contributed by atoms with Gasteiger partial charge in [0.05, 0.1) is 17.6 Å². The molecule has 0 saturated heterocycles. The lowest BCUT2D eigenvalue weighted by atomic mass is 10.2. The molecular formula is C18H19ClN4. The lowest BCUT2D eigenvalue weighted by Gasteiger charge is -2.21. The van der Waals surface area contributed by atoms with Gasteiger partial charge in [0, 0.05) is 37.1 Å². The van der Waals surface area contributed by atoms with Gasteiger partial charge in [-0.05, 0) is 48.7 Å². The second-order valence-corrected chi connectivity index (χ2v) is 6.65. The van der Waals surface area contributed by atoms with Gasteiger partial charge < -0.3 is 4.57 Å².